The van der Waals surface area contributed by atoms with Crippen LogP contribution in [0.5, 0.6) is 0 Å². The number of nitrogens with zero attached hydrogens (tertiary/aromatic N) is 1. The fourth-order valence-electron chi connectivity index (χ4n) is 3.11. The number of hydrogen-bond donors (Lipinski definition) is 0. The van der Waals surface area contributed by atoms with Crippen molar-refractivity contribution in [3.63, 3.8) is 0 Å². The predicted molar refractivity (Wildman–Crippen MR) is 98.0 cm³/mol. The second-order valence-corrected chi connectivity index (χ2v) is 6.48. The zero-order valence-corrected chi connectivity index (χ0v) is 15.3. The number of aryl methyl sites for hydroxylation is 1. The number of amides is 1. The van der Waals surface area contributed by atoms with Crippen LogP contribution >= 0.6 is 0 Å². The average Bonchev–Trinajstić information content (AvgIpc) is 2.70. The van der Waals surface area contributed by atoms with Crippen molar-refractivity contribution in [1.82, 2.24) is 4.90 Å². The molecule has 1 amide bonds. The summed E-state index contributed by atoms with van der Waals surface area (Å²) >= 11 is 0. The first-order chi connectivity index (χ1) is 13.0. The Hall–Kier alpha value is -3.15. The van der Waals surface area contributed by atoms with E-state index in [1.165, 1.54) is 12.0 Å². The normalized spacial score (nSPS) is 15.6. The Morgan fingerprint density at radius 2 is 1.70 bits per heavy atom. The highest BCUT2D eigenvalue weighted by atomic mass is 16.5. The van der Waals surface area contributed by atoms with Gasteiger partial charge in [0, 0.05) is 13.0 Å². The minimum Gasteiger partial charge on any atom is -0.467 e. The molecule has 0 fully saturated rings. The molecule has 0 spiro atoms. The van der Waals surface area contributed by atoms with Gasteiger partial charge < -0.3 is 14.4 Å². The van der Waals surface area contributed by atoms with E-state index in [1.807, 2.05) is 31.2 Å². The van der Waals surface area contributed by atoms with Gasteiger partial charge in [0.1, 0.15) is 6.04 Å². The van der Waals surface area contributed by atoms with Crippen LogP contribution in [0.1, 0.15) is 27.0 Å². The molecule has 0 saturated carbocycles. The van der Waals surface area contributed by atoms with Crippen LogP contribution in [-0.2, 0) is 32.0 Å². The minimum absolute atomic E-state index is 0.275. The maximum atomic E-state index is 12.7. The average molecular weight is 367 g/mol. The Labute approximate surface area is 157 Å². The van der Waals surface area contributed by atoms with Crippen molar-refractivity contribution < 1.29 is 23.9 Å². The minimum atomic E-state index is -0.726. The molecular weight excluding hydrogens is 346 g/mol. The maximum absolute atomic E-state index is 12.7. The molecule has 0 N–H and O–H groups in total. The van der Waals surface area contributed by atoms with Crippen LogP contribution in [0.2, 0.25) is 0 Å². The molecule has 2 aromatic rings. The van der Waals surface area contributed by atoms with Crippen LogP contribution in [0.15, 0.2) is 48.5 Å². The van der Waals surface area contributed by atoms with Gasteiger partial charge >= 0.3 is 11.9 Å². The molecule has 1 atom stereocenters. The fraction of sp³-hybridized carbons (Fsp3) is 0.286. The number of fused-ring (bicyclic) bond motifs is 1. The summed E-state index contributed by atoms with van der Waals surface area (Å²) in [5.41, 5.74) is 3.38. The highest BCUT2D eigenvalue weighted by molar-refractivity contribution is 5.92. The van der Waals surface area contributed by atoms with Crippen LogP contribution in [0.25, 0.3) is 0 Å². The molecule has 0 saturated heterocycles. The summed E-state index contributed by atoms with van der Waals surface area (Å²) in [5, 5.41) is 0. The van der Waals surface area contributed by atoms with Crippen LogP contribution in [-0.4, -0.2) is 42.5 Å². The van der Waals surface area contributed by atoms with E-state index < -0.39 is 30.5 Å². The standard InChI is InChI=1S/C21H21NO5/c1-14-7-9-15(10-8-14)20(24)27-13-19(23)22-12-17-6-4-3-5-16(17)11-18(22)21(25)26-2/h3-10,18H,11-13H2,1-2H3/t18-/m1/s1. The molecule has 6 heteroatoms. The van der Waals surface area contributed by atoms with Crippen LogP contribution in [0, 0.1) is 6.92 Å². The first kappa shape index (κ1) is 18.6. The number of carbonyl (C=O) groups excluding carboxylic acids is 3. The smallest absolute Gasteiger partial charge is 0.338 e. The van der Waals surface area contributed by atoms with Gasteiger partial charge in [-0.05, 0) is 30.2 Å². The molecule has 140 valence electrons. The van der Waals surface area contributed by atoms with Crippen molar-refractivity contribution >= 4 is 17.8 Å². The van der Waals surface area contributed by atoms with Crippen molar-refractivity contribution in [1.29, 1.82) is 0 Å². The van der Waals surface area contributed by atoms with Crippen molar-refractivity contribution in [2.24, 2.45) is 0 Å². The van der Waals surface area contributed by atoms with Crippen molar-refractivity contribution in [2.45, 2.75) is 25.9 Å². The van der Waals surface area contributed by atoms with E-state index in [9.17, 15) is 14.4 Å². The lowest BCUT2D eigenvalue weighted by atomic mass is 9.94. The summed E-state index contributed by atoms with van der Waals surface area (Å²) in [6.45, 7) is 1.76. The lowest BCUT2D eigenvalue weighted by Gasteiger charge is -2.35. The zero-order chi connectivity index (χ0) is 19.4. The Kier molecular flexibility index (Phi) is 5.54. The van der Waals surface area contributed by atoms with E-state index in [0.29, 0.717) is 12.0 Å². The van der Waals surface area contributed by atoms with E-state index in [1.54, 1.807) is 24.3 Å². The van der Waals surface area contributed by atoms with Gasteiger partial charge in [-0.2, -0.15) is 0 Å². The molecule has 3 rings (SSSR count). The molecule has 1 heterocycles. The van der Waals surface area contributed by atoms with Gasteiger partial charge in [-0.25, -0.2) is 9.59 Å². The Bertz CT molecular complexity index is 859. The van der Waals surface area contributed by atoms with Gasteiger partial charge in [-0.15, -0.1) is 0 Å². The molecule has 0 bridgehead atoms. The predicted octanol–water partition coefficient (Wildman–Crippen LogP) is 2.28. The summed E-state index contributed by atoms with van der Waals surface area (Å²) < 4.78 is 10.0. The highest BCUT2D eigenvalue weighted by Crippen LogP contribution is 2.24. The molecule has 0 aromatic heterocycles. The van der Waals surface area contributed by atoms with Gasteiger partial charge in [-0.3, -0.25) is 4.79 Å². The molecular formula is C21H21NO5. The lowest BCUT2D eigenvalue weighted by molar-refractivity contribution is -0.155. The van der Waals surface area contributed by atoms with Gasteiger partial charge in [-0.1, -0.05) is 42.0 Å². The van der Waals surface area contributed by atoms with Crippen molar-refractivity contribution in [3.05, 3.63) is 70.8 Å². The van der Waals surface area contributed by atoms with E-state index >= 15 is 0 Å². The first-order valence-corrected chi connectivity index (χ1v) is 8.67. The number of benzene rings is 2. The molecule has 0 radical (unpaired) electrons. The lowest BCUT2D eigenvalue weighted by Crippen LogP contribution is -2.50. The molecule has 1 aliphatic heterocycles. The van der Waals surface area contributed by atoms with Gasteiger partial charge in [0.05, 0.1) is 12.7 Å². The third-order valence-electron chi connectivity index (χ3n) is 4.66. The van der Waals surface area contributed by atoms with E-state index in [0.717, 1.165) is 16.7 Å². The number of carbonyl (C=O) groups is 3. The third-order valence-corrected chi connectivity index (χ3v) is 4.66. The summed E-state index contributed by atoms with van der Waals surface area (Å²) in [4.78, 5) is 38.4. The summed E-state index contributed by atoms with van der Waals surface area (Å²) in [7, 11) is 1.29. The summed E-state index contributed by atoms with van der Waals surface area (Å²) in [5.74, 6) is -1.49. The van der Waals surface area contributed by atoms with E-state index in [-0.39, 0.29) is 6.54 Å². The number of hydrogen-bond acceptors (Lipinski definition) is 5. The number of methoxy groups -OCH3 is 1. The highest BCUT2D eigenvalue weighted by Gasteiger charge is 2.35. The van der Waals surface area contributed by atoms with Gasteiger partial charge in [0.2, 0.25) is 0 Å². The molecule has 2 aromatic carbocycles. The van der Waals surface area contributed by atoms with Crippen molar-refractivity contribution in [2.75, 3.05) is 13.7 Å². The van der Waals surface area contributed by atoms with Crippen LogP contribution < -0.4 is 0 Å². The molecule has 1 aliphatic rings. The largest absolute Gasteiger partial charge is 0.467 e. The number of rotatable bonds is 4. The maximum Gasteiger partial charge on any atom is 0.338 e. The van der Waals surface area contributed by atoms with Gasteiger partial charge in [0.15, 0.2) is 6.61 Å². The number of esters is 2. The zero-order valence-electron chi connectivity index (χ0n) is 15.3. The van der Waals surface area contributed by atoms with Gasteiger partial charge in [0.25, 0.3) is 5.91 Å². The summed E-state index contributed by atoms with van der Waals surface area (Å²) in [6.07, 6.45) is 0.375. The molecule has 0 unspecified atom stereocenters. The SMILES string of the molecule is COC(=O)[C@H]1Cc2ccccc2CN1C(=O)COC(=O)c1ccc(C)cc1. The molecule has 0 aliphatic carbocycles. The fourth-order valence-corrected chi connectivity index (χ4v) is 3.11. The van der Waals surface area contributed by atoms with Crippen LogP contribution in [0.3, 0.4) is 0 Å². The third kappa shape index (κ3) is 4.16. The Morgan fingerprint density at radius 3 is 2.37 bits per heavy atom. The molecule has 27 heavy (non-hydrogen) atoms. The second-order valence-electron chi connectivity index (χ2n) is 6.48. The first-order valence-electron chi connectivity index (χ1n) is 8.67. The van der Waals surface area contributed by atoms with E-state index in [4.69, 9.17) is 9.47 Å². The quantitative estimate of drug-likeness (QED) is 0.775. The topological polar surface area (TPSA) is 72.9 Å². The van der Waals surface area contributed by atoms with E-state index in [2.05, 4.69) is 0 Å². The number of ether oxygens (including phenoxy) is 2. The Morgan fingerprint density at radius 1 is 1.04 bits per heavy atom. The van der Waals surface area contributed by atoms with Crippen molar-refractivity contribution in [3.8, 4) is 0 Å². The molecule has 6 nitrogen and oxygen atoms in total. The summed E-state index contributed by atoms with van der Waals surface area (Å²) in [6, 6.07) is 13.8. The van der Waals surface area contributed by atoms with Crippen LogP contribution in [0.4, 0.5) is 0 Å². The second kappa shape index (κ2) is 8.03. The monoisotopic (exact) mass is 367 g/mol. The Balaban J connectivity index is 1.70.